The van der Waals surface area contributed by atoms with Gasteiger partial charge in [0.2, 0.25) is 0 Å². The molecule has 1 fully saturated rings. The van der Waals surface area contributed by atoms with Crippen LogP contribution in [0.5, 0.6) is 0 Å². The molecule has 1 aliphatic carbocycles. The first-order valence-electron chi connectivity index (χ1n) is 4.14. The minimum Gasteiger partial charge on any atom is -0.480 e. The van der Waals surface area contributed by atoms with E-state index in [0.29, 0.717) is 18.4 Å². The largest absolute Gasteiger partial charge is 0.480 e. The Morgan fingerprint density at radius 3 is 2.64 bits per heavy atom. The molecule has 3 nitrogen and oxygen atoms in total. The molecule has 3 atom stereocenters. The normalized spacial score (nSPS) is 31.5. The second kappa shape index (κ2) is 3.22. The molecule has 0 spiro atoms. The molecule has 0 aromatic rings. The quantitative estimate of drug-likeness (QED) is 0.636. The summed E-state index contributed by atoms with van der Waals surface area (Å²) in [5, 5.41) is 11.8. The van der Waals surface area contributed by atoms with Crippen molar-refractivity contribution in [1.82, 2.24) is 5.32 Å². The minimum absolute atomic E-state index is 0.343. The first-order chi connectivity index (χ1) is 5.15. The molecule has 0 radical (unpaired) electrons. The molecule has 0 aromatic heterocycles. The third-order valence-electron chi connectivity index (χ3n) is 2.23. The van der Waals surface area contributed by atoms with Crippen LogP contribution in [-0.2, 0) is 4.79 Å². The Labute approximate surface area is 66.8 Å². The summed E-state index contributed by atoms with van der Waals surface area (Å²) in [6.45, 7) is 4.02. The van der Waals surface area contributed by atoms with Crippen molar-refractivity contribution in [3.05, 3.63) is 0 Å². The van der Waals surface area contributed by atoms with Crippen LogP contribution in [0.1, 0.15) is 26.7 Å². The lowest BCUT2D eigenvalue weighted by molar-refractivity contribution is -0.139. The molecular weight excluding hydrogens is 142 g/mol. The van der Waals surface area contributed by atoms with Crippen LogP contribution in [-0.4, -0.2) is 23.2 Å². The van der Waals surface area contributed by atoms with E-state index in [9.17, 15) is 4.79 Å². The van der Waals surface area contributed by atoms with Gasteiger partial charge in [0.05, 0.1) is 0 Å². The smallest absolute Gasteiger partial charge is 0.320 e. The molecule has 0 bridgehead atoms. The summed E-state index contributed by atoms with van der Waals surface area (Å²) in [4.78, 5) is 10.5. The van der Waals surface area contributed by atoms with Crippen LogP contribution in [0.25, 0.3) is 0 Å². The van der Waals surface area contributed by atoms with Gasteiger partial charge in [-0.05, 0) is 18.8 Å². The predicted molar refractivity (Wildman–Crippen MR) is 42.4 cm³/mol. The van der Waals surface area contributed by atoms with Crippen LogP contribution in [0.3, 0.4) is 0 Å². The molecule has 0 saturated heterocycles. The summed E-state index contributed by atoms with van der Waals surface area (Å²) in [7, 11) is 0. The van der Waals surface area contributed by atoms with E-state index < -0.39 is 5.97 Å². The van der Waals surface area contributed by atoms with Crippen LogP contribution in [0.15, 0.2) is 0 Å². The average molecular weight is 157 g/mol. The van der Waals surface area contributed by atoms with Gasteiger partial charge in [0.15, 0.2) is 0 Å². The standard InChI is InChI=1S/C8H15NO2/c1-3-6(8(10)11)9-7-4-5(7)2/h5-7,9H,3-4H2,1-2H3,(H,10,11). The zero-order valence-corrected chi connectivity index (χ0v) is 7.00. The van der Waals surface area contributed by atoms with Gasteiger partial charge < -0.3 is 10.4 Å². The SMILES string of the molecule is CCC(NC1CC1C)C(=O)O. The van der Waals surface area contributed by atoms with E-state index in [1.54, 1.807) is 0 Å². The van der Waals surface area contributed by atoms with E-state index >= 15 is 0 Å². The molecule has 1 aliphatic rings. The predicted octanol–water partition coefficient (Wildman–Crippen LogP) is 0.848. The highest BCUT2D eigenvalue weighted by Gasteiger charge is 2.35. The van der Waals surface area contributed by atoms with Gasteiger partial charge in [-0.1, -0.05) is 13.8 Å². The Morgan fingerprint density at radius 1 is 1.82 bits per heavy atom. The third-order valence-corrected chi connectivity index (χ3v) is 2.23. The molecule has 0 heterocycles. The average Bonchev–Trinajstić information content (AvgIpc) is 2.61. The summed E-state index contributed by atoms with van der Waals surface area (Å²) >= 11 is 0. The number of carbonyl (C=O) groups is 1. The first-order valence-corrected chi connectivity index (χ1v) is 4.14. The van der Waals surface area contributed by atoms with Gasteiger partial charge in [-0.25, -0.2) is 0 Å². The molecule has 0 aliphatic heterocycles. The van der Waals surface area contributed by atoms with E-state index in [-0.39, 0.29) is 6.04 Å². The summed E-state index contributed by atoms with van der Waals surface area (Å²) in [5.74, 6) is -0.0602. The van der Waals surface area contributed by atoms with Crippen molar-refractivity contribution in [2.24, 2.45) is 5.92 Å². The highest BCUT2D eigenvalue weighted by Crippen LogP contribution is 2.29. The highest BCUT2D eigenvalue weighted by molar-refractivity contribution is 5.73. The Kier molecular flexibility index (Phi) is 2.49. The molecule has 1 rings (SSSR count). The fourth-order valence-corrected chi connectivity index (χ4v) is 1.18. The molecular formula is C8H15NO2. The summed E-state index contributed by atoms with van der Waals surface area (Å²) in [5.41, 5.74) is 0. The Morgan fingerprint density at radius 2 is 2.36 bits per heavy atom. The van der Waals surface area contributed by atoms with Crippen LogP contribution in [0, 0.1) is 5.92 Å². The summed E-state index contributed by atoms with van der Waals surface area (Å²) in [6.07, 6.45) is 1.79. The zero-order chi connectivity index (χ0) is 8.43. The molecule has 3 heteroatoms. The zero-order valence-electron chi connectivity index (χ0n) is 7.00. The van der Waals surface area contributed by atoms with E-state index in [2.05, 4.69) is 12.2 Å². The van der Waals surface area contributed by atoms with Crippen molar-refractivity contribution in [2.75, 3.05) is 0 Å². The van der Waals surface area contributed by atoms with Crippen LogP contribution < -0.4 is 5.32 Å². The van der Waals surface area contributed by atoms with E-state index in [4.69, 9.17) is 5.11 Å². The van der Waals surface area contributed by atoms with E-state index in [0.717, 1.165) is 6.42 Å². The van der Waals surface area contributed by atoms with Crippen molar-refractivity contribution >= 4 is 5.97 Å². The van der Waals surface area contributed by atoms with Crippen molar-refractivity contribution in [3.8, 4) is 0 Å². The highest BCUT2D eigenvalue weighted by atomic mass is 16.4. The number of rotatable bonds is 4. The monoisotopic (exact) mass is 157 g/mol. The van der Waals surface area contributed by atoms with Gasteiger partial charge >= 0.3 is 5.97 Å². The third kappa shape index (κ3) is 2.19. The number of hydrogen-bond acceptors (Lipinski definition) is 2. The lowest BCUT2D eigenvalue weighted by Crippen LogP contribution is -2.37. The van der Waals surface area contributed by atoms with Gasteiger partial charge in [0.25, 0.3) is 0 Å². The lowest BCUT2D eigenvalue weighted by atomic mass is 10.2. The van der Waals surface area contributed by atoms with Crippen molar-refractivity contribution in [3.63, 3.8) is 0 Å². The van der Waals surface area contributed by atoms with E-state index in [1.807, 2.05) is 6.92 Å². The molecule has 11 heavy (non-hydrogen) atoms. The molecule has 64 valence electrons. The first kappa shape index (κ1) is 8.53. The van der Waals surface area contributed by atoms with Gasteiger partial charge in [-0.2, -0.15) is 0 Å². The van der Waals surface area contributed by atoms with E-state index in [1.165, 1.54) is 0 Å². The van der Waals surface area contributed by atoms with Gasteiger partial charge in [-0.3, -0.25) is 4.79 Å². The van der Waals surface area contributed by atoms with Gasteiger partial charge in [0.1, 0.15) is 6.04 Å². The van der Waals surface area contributed by atoms with Gasteiger partial charge in [0, 0.05) is 6.04 Å². The maximum absolute atomic E-state index is 10.5. The van der Waals surface area contributed by atoms with Crippen molar-refractivity contribution in [1.29, 1.82) is 0 Å². The number of carboxylic acids is 1. The number of nitrogens with one attached hydrogen (secondary N) is 1. The number of carboxylic acid groups (broad SMARTS) is 1. The minimum atomic E-state index is -0.730. The van der Waals surface area contributed by atoms with Gasteiger partial charge in [-0.15, -0.1) is 0 Å². The van der Waals surface area contributed by atoms with Crippen molar-refractivity contribution in [2.45, 2.75) is 38.8 Å². The molecule has 3 unspecified atom stereocenters. The number of aliphatic carboxylic acids is 1. The second-order valence-electron chi connectivity index (χ2n) is 3.29. The fraction of sp³-hybridized carbons (Fsp3) is 0.875. The Bertz CT molecular complexity index is 158. The maximum atomic E-state index is 10.5. The Balaban J connectivity index is 2.27. The fourth-order valence-electron chi connectivity index (χ4n) is 1.18. The number of hydrogen-bond donors (Lipinski definition) is 2. The molecule has 1 saturated carbocycles. The molecule has 2 N–H and O–H groups in total. The topological polar surface area (TPSA) is 49.3 Å². The second-order valence-corrected chi connectivity index (χ2v) is 3.29. The van der Waals surface area contributed by atoms with Crippen LogP contribution in [0.4, 0.5) is 0 Å². The lowest BCUT2D eigenvalue weighted by Gasteiger charge is -2.10. The molecule has 0 amide bonds. The Hall–Kier alpha value is -0.570. The maximum Gasteiger partial charge on any atom is 0.320 e. The summed E-state index contributed by atoms with van der Waals surface area (Å²) in [6, 6.07) is 0.112. The van der Waals surface area contributed by atoms with Crippen LogP contribution in [0.2, 0.25) is 0 Å². The molecule has 0 aromatic carbocycles. The van der Waals surface area contributed by atoms with Crippen molar-refractivity contribution < 1.29 is 9.90 Å². The van der Waals surface area contributed by atoms with Crippen LogP contribution >= 0.6 is 0 Å². The summed E-state index contributed by atoms with van der Waals surface area (Å²) < 4.78 is 0.